The number of allylic oxidation sites excluding steroid dienone is 3. The third-order valence-electron chi connectivity index (χ3n) is 5.49. The fourth-order valence-corrected chi connectivity index (χ4v) is 3.80. The van der Waals surface area contributed by atoms with E-state index >= 15 is 0 Å². The zero-order chi connectivity index (χ0) is 21.8. The highest BCUT2D eigenvalue weighted by atomic mass is 19.1. The second-order valence-corrected chi connectivity index (χ2v) is 7.56. The third-order valence-corrected chi connectivity index (χ3v) is 5.49. The lowest BCUT2D eigenvalue weighted by Gasteiger charge is -2.11. The molecule has 0 fully saturated rings. The van der Waals surface area contributed by atoms with Gasteiger partial charge in [-0.05, 0) is 74.1 Å². The quantitative estimate of drug-likeness (QED) is 0.515. The van der Waals surface area contributed by atoms with Crippen molar-refractivity contribution in [2.75, 3.05) is 5.32 Å². The molecule has 0 unspecified atom stereocenters. The van der Waals surface area contributed by atoms with Crippen LogP contribution in [0.4, 0.5) is 14.5 Å². The first kappa shape index (κ1) is 20.7. The summed E-state index contributed by atoms with van der Waals surface area (Å²) >= 11 is 0. The van der Waals surface area contributed by atoms with Gasteiger partial charge in [0.05, 0.1) is 6.20 Å². The van der Waals surface area contributed by atoms with E-state index < -0.39 is 23.1 Å². The van der Waals surface area contributed by atoms with E-state index in [2.05, 4.69) is 17.2 Å². The number of halogens is 2. The van der Waals surface area contributed by atoms with Crippen LogP contribution in [0.5, 0.6) is 0 Å². The summed E-state index contributed by atoms with van der Waals surface area (Å²) in [7, 11) is 0. The molecule has 2 aromatic carbocycles. The number of carbonyl (C=O) groups excluding carboxylic acids is 1. The minimum atomic E-state index is -0.887. The van der Waals surface area contributed by atoms with E-state index in [1.54, 1.807) is 24.6 Å². The topological polar surface area (TPSA) is 55.1 Å². The molecular weight excluding hydrogens is 398 g/mol. The van der Waals surface area contributed by atoms with E-state index in [1.807, 2.05) is 18.2 Å². The Kier molecular flexibility index (Phi) is 6.07. The lowest BCUT2D eigenvalue weighted by molar-refractivity contribution is 0.101. The zero-order valence-electron chi connectivity index (χ0n) is 17.1. The van der Waals surface area contributed by atoms with E-state index in [1.165, 1.54) is 22.8 Å². The minimum Gasteiger partial charge on any atom is -0.445 e. The van der Waals surface area contributed by atoms with Gasteiger partial charge in [-0.2, -0.15) is 0 Å². The molecule has 3 aromatic rings. The Labute approximate surface area is 179 Å². The van der Waals surface area contributed by atoms with Crippen molar-refractivity contribution in [2.24, 2.45) is 0 Å². The molecule has 4 nitrogen and oxygen atoms in total. The largest absolute Gasteiger partial charge is 0.445 e. The fourth-order valence-electron chi connectivity index (χ4n) is 3.80. The molecule has 1 N–H and O–H groups in total. The first-order valence-electron chi connectivity index (χ1n) is 10.1. The number of hydrogen-bond acceptors (Lipinski definition) is 3. The summed E-state index contributed by atoms with van der Waals surface area (Å²) in [6.07, 6.45) is 8.94. The highest BCUT2D eigenvalue weighted by Crippen LogP contribution is 2.34. The molecule has 0 saturated carbocycles. The van der Waals surface area contributed by atoms with Crippen molar-refractivity contribution in [3.8, 4) is 0 Å². The van der Waals surface area contributed by atoms with Crippen LogP contribution in [0.3, 0.4) is 0 Å². The van der Waals surface area contributed by atoms with Crippen LogP contribution in [0.2, 0.25) is 0 Å². The fraction of sp³-hybridized carbons (Fsp3) is 0.200. The standard InChI is InChI=1S/C25H22F2N2O2/c1-16-5-6-17(15-23-28-13-14-31-23)7-12-20(16)18-8-10-19(11-9-18)29-25(30)24-21(26)3-2-4-22(24)27/h2-4,8-11,13-15H,5-7,12H2,1H3,(H,29,30). The second kappa shape index (κ2) is 9.08. The molecular formula is C25H22F2N2O2. The Morgan fingerprint density at radius 1 is 1.03 bits per heavy atom. The summed E-state index contributed by atoms with van der Waals surface area (Å²) in [6.45, 7) is 2.14. The van der Waals surface area contributed by atoms with Crippen LogP contribution < -0.4 is 5.32 Å². The summed E-state index contributed by atoms with van der Waals surface area (Å²) in [4.78, 5) is 16.5. The number of aromatic nitrogens is 1. The van der Waals surface area contributed by atoms with E-state index in [0.29, 0.717) is 11.6 Å². The van der Waals surface area contributed by atoms with Crippen LogP contribution in [0.15, 0.2) is 70.5 Å². The smallest absolute Gasteiger partial charge is 0.261 e. The van der Waals surface area contributed by atoms with Crippen LogP contribution in [0.25, 0.3) is 11.6 Å². The number of carbonyl (C=O) groups is 1. The van der Waals surface area contributed by atoms with E-state index in [-0.39, 0.29) is 0 Å². The highest BCUT2D eigenvalue weighted by Gasteiger charge is 2.18. The Morgan fingerprint density at radius 2 is 1.74 bits per heavy atom. The van der Waals surface area contributed by atoms with Gasteiger partial charge in [-0.1, -0.05) is 29.3 Å². The van der Waals surface area contributed by atoms with Crippen molar-refractivity contribution in [2.45, 2.75) is 32.6 Å². The maximum absolute atomic E-state index is 13.8. The van der Waals surface area contributed by atoms with Crippen molar-refractivity contribution in [1.82, 2.24) is 4.98 Å². The number of benzene rings is 2. The first-order valence-corrected chi connectivity index (χ1v) is 10.1. The summed E-state index contributed by atoms with van der Waals surface area (Å²) < 4.78 is 33.0. The molecule has 31 heavy (non-hydrogen) atoms. The van der Waals surface area contributed by atoms with Crippen molar-refractivity contribution < 1.29 is 18.0 Å². The van der Waals surface area contributed by atoms with Crippen molar-refractivity contribution in [3.63, 3.8) is 0 Å². The van der Waals surface area contributed by atoms with Gasteiger partial charge in [0.1, 0.15) is 23.5 Å². The molecule has 0 saturated heterocycles. The van der Waals surface area contributed by atoms with Crippen LogP contribution in [-0.4, -0.2) is 10.9 Å². The molecule has 6 heteroatoms. The number of nitrogens with zero attached hydrogens (tertiary/aromatic N) is 1. The summed E-state index contributed by atoms with van der Waals surface area (Å²) in [5.41, 5.74) is 4.86. The van der Waals surface area contributed by atoms with Gasteiger partial charge in [0.25, 0.3) is 5.91 Å². The predicted molar refractivity (Wildman–Crippen MR) is 116 cm³/mol. The maximum Gasteiger partial charge on any atom is 0.261 e. The summed E-state index contributed by atoms with van der Waals surface area (Å²) in [5, 5.41) is 2.56. The molecule has 1 aliphatic rings. The lowest BCUT2D eigenvalue weighted by atomic mass is 9.96. The number of amides is 1. The number of hydrogen-bond donors (Lipinski definition) is 1. The van der Waals surface area contributed by atoms with Crippen LogP contribution >= 0.6 is 0 Å². The van der Waals surface area contributed by atoms with E-state index in [0.717, 1.165) is 43.4 Å². The Bertz CT molecular complexity index is 1130. The third kappa shape index (κ3) is 4.79. The second-order valence-electron chi connectivity index (χ2n) is 7.56. The Hall–Kier alpha value is -3.54. The SMILES string of the molecule is CC1=C(c2ccc(NC(=O)c3c(F)cccc3F)cc2)CCC(=Cc2ncco2)CC1. The van der Waals surface area contributed by atoms with Crippen LogP contribution in [-0.2, 0) is 0 Å². The van der Waals surface area contributed by atoms with E-state index in [4.69, 9.17) is 4.42 Å². The number of nitrogens with one attached hydrogen (secondary N) is 1. The van der Waals surface area contributed by atoms with Gasteiger partial charge in [0.15, 0.2) is 0 Å². The number of oxazole rings is 1. The molecule has 0 bridgehead atoms. The van der Waals surface area contributed by atoms with Gasteiger partial charge >= 0.3 is 0 Å². The maximum atomic E-state index is 13.8. The van der Waals surface area contributed by atoms with Crippen molar-refractivity contribution in [1.29, 1.82) is 0 Å². The molecule has 0 atom stereocenters. The molecule has 1 aliphatic carbocycles. The molecule has 0 spiro atoms. The Balaban J connectivity index is 1.47. The van der Waals surface area contributed by atoms with Gasteiger partial charge in [0, 0.05) is 5.69 Å². The first-order chi connectivity index (χ1) is 15.0. The molecule has 1 aromatic heterocycles. The van der Waals surface area contributed by atoms with Gasteiger partial charge < -0.3 is 9.73 Å². The number of anilines is 1. The molecule has 0 radical (unpaired) electrons. The normalized spacial score (nSPS) is 15.8. The van der Waals surface area contributed by atoms with Gasteiger partial charge in [-0.3, -0.25) is 4.79 Å². The zero-order valence-corrected chi connectivity index (χ0v) is 17.1. The highest BCUT2D eigenvalue weighted by molar-refractivity contribution is 6.04. The molecule has 0 aliphatic heterocycles. The van der Waals surface area contributed by atoms with Gasteiger partial charge in [0.2, 0.25) is 5.89 Å². The van der Waals surface area contributed by atoms with Crippen molar-refractivity contribution >= 4 is 23.2 Å². The molecule has 1 heterocycles. The summed E-state index contributed by atoms with van der Waals surface area (Å²) in [6, 6.07) is 10.7. The van der Waals surface area contributed by atoms with Crippen LogP contribution in [0.1, 0.15) is 54.4 Å². The Morgan fingerprint density at radius 3 is 2.42 bits per heavy atom. The predicted octanol–water partition coefficient (Wildman–Crippen LogP) is 6.64. The molecule has 1 amide bonds. The lowest BCUT2D eigenvalue weighted by Crippen LogP contribution is -2.15. The van der Waals surface area contributed by atoms with Gasteiger partial charge in [-0.25, -0.2) is 13.8 Å². The number of rotatable bonds is 4. The molecule has 4 rings (SSSR count). The van der Waals surface area contributed by atoms with E-state index in [9.17, 15) is 13.6 Å². The average molecular weight is 420 g/mol. The molecule has 158 valence electrons. The minimum absolute atomic E-state index is 0.479. The van der Waals surface area contributed by atoms with Gasteiger partial charge in [-0.15, -0.1) is 0 Å². The summed E-state index contributed by atoms with van der Waals surface area (Å²) in [5.74, 6) is -1.96. The average Bonchev–Trinajstić information content (AvgIpc) is 3.19. The van der Waals surface area contributed by atoms with Crippen molar-refractivity contribution in [3.05, 3.63) is 94.7 Å². The monoisotopic (exact) mass is 420 g/mol. The van der Waals surface area contributed by atoms with Crippen LogP contribution in [0, 0.1) is 11.6 Å².